The maximum absolute atomic E-state index is 12.0. The number of nitrogen functional groups attached to an aromatic ring is 1. The number of anilines is 1. The van der Waals surface area contributed by atoms with Crippen molar-refractivity contribution < 1.29 is 4.79 Å². The van der Waals surface area contributed by atoms with Crippen LogP contribution < -0.4 is 11.1 Å². The van der Waals surface area contributed by atoms with Crippen LogP contribution in [0.4, 0.5) is 5.82 Å². The van der Waals surface area contributed by atoms with Gasteiger partial charge in [-0.05, 0) is 37.5 Å². The first kappa shape index (κ1) is 12.1. The van der Waals surface area contributed by atoms with Gasteiger partial charge in [0, 0.05) is 12.2 Å². The van der Waals surface area contributed by atoms with E-state index in [2.05, 4.69) is 15.3 Å². The highest BCUT2D eigenvalue weighted by molar-refractivity contribution is 7.17. The van der Waals surface area contributed by atoms with E-state index in [-0.39, 0.29) is 5.91 Å². The van der Waals surface area contributed by atoms with Gasteiger partial charge in [-0.15, -0.1) is 11.3 Å². The smallest absolute Gasteiger partial charge is 0.280 e. The quantitative estimate of drug-likeness (QED) is 0.897. The predicted molar refractivity (Wildman–Crippen MR) is 75.0 cm³/mol. The van der Waals surface area contributed by atoms with Gasteiger partial charge in [-0.2, -0.15) is 0 Å². The fourth-order valence-electron chi connectivity index (χ4n) is 1.83. The molecule has 2 aromatic rings. The zero-order valence-corrected chi connectivity index (χ0v) is 11.3. The van der Waals surface area contributed by atoms with E-state index < -0.39 is 0 Å². The maximum atomic E-state index is 12.0. The van der Waals surface area contributed by atoms with Crippen molar-refractivity contribution in [3.05, 3.63) is 29.0 Å². The minimum absolute atomic E-state index is 0.0797. The van der Waals surface area contributed by atoms with Gasteiger partial charge in [-0.3, -0.25) is 4.79 Å². The largest absolute Gasteiger partial charge is 0.384 e. The SMILES string of the molecule is Cc1nc(C(=O)NC2CC2)sc1-c1ccnc(N)c1. The number of pyridine rings is 1. The zero-order chi connectivity index (χ0) is 13.4. The van der Waals surface area contributed by atoms with E-state index in [4.69, 9.17) is 5.73 Å². The van der Waals surface area contributed by atoms with Crippen molar-refractivity contribution in [2.24, 2.45) is 0 Å². The number of nitrogens with two attached hydrogens (primary N) is 1. The van der Waals surface area contributed by atoms with E-state index in [1.807, 2.05) is 13.0 Å². The number of amides is 1. The standard InChI is InChI=1S/C13H14N4OS/c1-7-11(8-4-5-15-10(14)6-8)19-13(16-7)12(18)17-9-2-3-9/h4-6,9H,2-3H2,1H3,(H2,14,15)(H,17,18). The van der Waals surface area contributed by atoms with Crippen LogP contribution in [0.2, 0.25) is 0 Å². The van der Waals surface area contributed by atoms with Gasteiger partial charge in [0.1, 0.15) is 5.82 Å². The first-order valence-electron chi connectivity index (χ1n) is 6.13. The van der Waals surface area contributed by atoms with Crippen LogP contribution >= 0.6 is 11.3 Å². The summed E-state index contributed by atoms with van der Waals surface area (Å²) in [6.07, 6.45) is 3.81. The Balaban J connectivity index is 1.90. The van der Waals surface area contributed by atoms with E-state index in [0.29, 0.717) is 16.9 Å². The summed E-state index contributed by atoms with van der Waals surface area (Å²) in [5.41, 5.74) is 7.48. The topological polar surface area (TPSA) is 80.9 Å². The summed E-state index contributed by atoms with van der Waals surface area (Å²) >= 11 is 1.39. The third-order valence-electron chi connectivity index (χ3n) is 2.95. The van der Waals surface area contributed by atoms with Crippen molar-refractivity contribution in [1.29, 1.82) is 0 Å². The van der Waals surface area contributed by atoms with Crippen molar-refractivity contribution in [1.82, 2.24) is 15.3 Å². The van der Waals surface area contributed by atoms with Gasteiger partial charge in [-0.25, -0.2) is 9.97 Å². The van der Waals surface area contributed by atoms with Gasteiger partial charge in [0.2, 0.25) is 0 Å². The Morgan fingerprint density at radius 3 is 3.00 bits per heavy atom. The van der Waals surface area contributed by atoms with Crippen LogP contribution in [-0.4, -0.2) is 21.9 Å². The second kappa shape index (κ2) is 4.62. The van der Waals surface area contributed by atoms with Crippen LogP contribution in [0.15, 0.2) is 18.3 Å². The molecule has 0 aliphatic heterocycles. The fourth-order valence-corrected chi connectivity index (χ4v) is 2.79. The number of nitrogens with one attached hydrogen (secondary N) is 1. The van der Waals surface area contributed by atoms with Crippen molar-refractivity contribution in [3.8, 4) is 10.4 Å². The number of aryl methyl sites for hydroxylation is 1. The molecule has 0 bridgehead atoms. The number of aromatic nitrogens is 2. The normalized spacial score (nSPS) is 14.4. The monoisotopic (exact) mass is 274 g/mol. The van der Waals surface area contributed by atoms with Crippen LogP contribution in [0.25, 0.3) is 10.4 Å². The molecule has 0 unspecified atom stereocenters. The minimum Gasteiger partial charge on any atom is -0.384 e. The maximum Gasteiger partial charge on any atom is 0.280 e. The molecule has 0 atom stereocenters. The van der Waals surface area contributed by atoms with E-state index in [1.54, 1.807) is 12.3 Å². The zero-order valence-electron chi connectivity index (χ0n) is 10.5. The summed E-state index contributed by atoms with van der Waals surface area (Å²) in [6.45, 7) is 1.90. The molecular formula is C13H14N4OS. The van der Waals surface area contributed by atoms with E-state index in [0.717, 1.165) is 29.0 Å². The van der Waals surface area contributed by atoms with Crippen molar-refractivity contribution in [2.45, 2.75) is 25.8 Å². The van der Waals surface area contributed by atoms with Crippen LogP contribution in [0.5, 0.6) is 0 Å². The minimum atomic E-state index is -0.0797. The number of rotatable bonds is 3. The first-order chi connectivity index (χ1) is 9.13. The highest BCUT2D eigenvalue weighted by atomic mass is 32.1. The molecular weight excluding hydrogens is 260 g/mol. The molecule has 1 aliphatic rings. The number of nitrogens with zero attached hydrogens (tertiary/aromatic N) is 2. The highest BCUT2D eigenvalue weighted by Crippen LogP contribution is 2.31. The van der Waals surface area contributed by atoms with Gasteiger partial charge < -0.3 is 11.1 Å². The van der Waals surface area contributed by atoms with Gasteiger partial charge in [-0.1, -0.05) is 0 Å². The molecule has 5 nitrogen and oxygen atoms in total. The molecule has 1 saturated carbocycles. The highest BCUT2D eigenvalue weighted by Gasteiger charge is 2.25. The average molecular weight is 274 g/mol. The van der Waals surface area contributed by atoms with Crippen molar-refractivity contribution >= 4 is 23.1 Å². The van der Waals surface area contributed by atoms with Gasteiger partial charge in [0.15, 0.2) is 5.01 Å². The average Bonchev–Trinajstić information content (AvgIpc) is 3.09. The first-order valence-corrected chi connectivity index (χ1v) is 6.95. The lowest BCUT2D eigenvalue weighted by atomic mass is 10.2. The van der Waals surface area contributed by atoms with Gasteiger partial charge in [0.05, 0.1) is 10.6 Å². The second-order valence-electron chi connectivity index (χ2n) is 4.65. The molecule has 0 saturated heterocycles. The lowest BCUT2D eigenvalue weighted by Crippen LogP contribution is -2.25. The van der Waals surface area contributed by atoms with Crippen LogP contribution in [0, 0.1) is 6.92 Å². The van der Waals surface area contributed by atoms with Crippen LogP contribution in [-0.2, 0) is 0 Å². The van der Waals surface area contributed by atoms with Gasteiger partial charge in [0.25, 0.3) is 5.91 Å². The van der Waals surface area contributed by atoms with E-state index in [9.17, 15) is 4.79 Å². The predicted octanol–water partition coefficient (Wildman–Crippen LogP) is 1.99. The number of thiazole rings is 1. The molecule has 3 N–H and O–H groups in total. The summed E-state index contributed by atoms with van der Waals surface area (Å²) in [4.78, 5) is 21.2. The number of hydrogen-bond donors (Lipinski definition) is 2. The molecule has 3 rings (SSSR count). The molecule has 0 aromatic carbocycles. The van der Waals surface area contributed by atoms with Crippen LogP contribution in [0.3, 0.4) is 0 Å². The molecule has 1 fully saturated rings. The second-order valence-corrected chi connectivity index (χ2v) is 5.65. The third kappa shape index (κ3) is 2.58. The number of carbonyl (C=O) groups is 1. The number of carbonyl (C=O) groups excluding carboxylic acids is 1. The summed E-state index contributed by atoms with van der Waals surface area (Å²) in [5, 5.41) is 3.45. The molecule has 1 amide bonds. The number of hydrogen-bond acceptors (Lipinski definition) is 5. The summed E-state index contributed by atoms with van der Waals surface area (Å²) < 4.78 is 0. The Bertz CT molecular complexity index is 633. The Hall–Kier alpha value is -1.95. The molecule has 98 valence electrons. The molecule has 0 radical (unpaired) electrons. The molecule has 19 heavy (non-hydrogen) atoms. The van der Waals surface area contributed by atoms with E-state index in [1.165, 1.54) is 11.3 Å². The molecule has 2 heterocycles. The summed E-state index contributed by atoms with van der Waals surface area (Å²) in [6, 6.07) is 4.01. The van der Waals surface area contributed by atoms with Crippen molar-refractivity contribution in [3.63, 3.8) is 0 Å². The fraction of sp³-hybridized carbons (Fsp3) is 0.308. The Morgan fingerprint density at radius 1 is 1.53 bits per heavy atom. The van der Waals surface area contributed by atoms with Crippen molar-refractivity contribution in [2.75, 3.05) is 5.73 Å². The summed E-state index contributed by atoms with van der Waals surface area (Å²) in [5.74, 6) is 0.387. The summed E-state index contributed by atoms with van der Waals surface area (Å²) in [7, 11) is 0. The molecule has 1 aliphatic carbocycles. The lowest BCUT2D eigenvalue weighted by Gasteiger charge is -1.99. The van der Waals surface area contributed by atoms with Gasteiger partial charge >= 0.3 is 0 Å². The Morgan fingerprint density at radius 2 is 2.32 bits per heavy atom. The van der Waals surface area contributed by atoms with Crippen LogP contribution in [0.1, 0.15) is 28.3 Å². The Labute approximate surface area is 114 Å². The molecule has 2 aromatic heterocycles. The van der Waals surface area contributed by atoms with E-state index >= 15 is 0 Å². The lowest BCUT2D eigenvalue weighted by molar-refractivity contribution is 0.0950. The Kier molecular flexibility index (Phi) is 2.94. The molecule has 6 heteroatoms. The molecule has 0 spiro atoms. The third-order valence-corrected chi connectivity index (χ3v) is 4.15.